The highest BCUT2D eigenvalue weighted by molar-refractivity contribution is 5.73. The van der Waals surface area contributed by atoms with Crippen molar-refractivity contribution < 1.29 is 14.6 Å². The monoisotopic (exact) mass is 339 g/mol. The van der Waals surface area contributed by atoms with E-state index in [2.05, 4.69) is 23.1 Å². The zero-order valence-electron chi connectivity index (χ0n) is 14.6. The molecule has 1 fully saturated rings. The second-order valence-corrected chi connectivity index (χ2v) is 6.37. The normalized spacial score (nSPS) is 19.3. The van der Waals surface area contributed by atoms with E-state index in [1.165, 1.54) is 0 Å². The molecule has 4 nitrogen and oxygen atoms in total. The molecule has 2 aromatic carbocycles. The fraction of sp³-hybridized carbons (Fsp3) is 0.381. The maximum atomic E-state index is 11.9. The number of hydrogen-bond donors (Lipinski definition) is 1. The zero-order valence-corrected chi connectivity index (χ0v) is 14.6. The second-order valence-electron chi connectivity index (χ2n) is 6.37. The SMILES string of the molecule is CCOc1ccccc1C(c1ccccc1)N1CCCCC1C(=O)O. The number of ether oxygens (including phenoxy) is 1. The van der Waals surface area contributed by atoms with Crippen LogP contribution in [0.15, 0.2) is 54.6 Å². The Labute approximate surface area is 149 Å². The number of carbonyl (C=O) groups is 1. The average molecular weight is 339 g/mol. The van der Waals surface area contributed by atoms with Crippen molar-refractivity contribution in [3.8, 4) is 5.75 Å². The van der Waals surface area contributed by atoms with Gasteiger partial charge in [-0.15, -0.1) is 0 Å². The van der Waals surface area contributed by atoms with Crippen LogP contribution in [0.25, 0.3) is 0 Å². The summed E-state index contributed by atoms with van der Waals surface area (Å²) in [6.45, 7) is 3.33. The quantitative estimate of drug-likeness (QED) is 0.860. The molecule has 2 unspecified atom stereocenters. The second kappa shape index (κ2) is 8.17. The van der Waals surface area contributed by atoms with Crippen LogP contribution < -0.4 is 4.74 Å². The summed E-state index contributed by atoms with van der Waals surface area (Å²) in [6.07, 6.45) is 2.67. The Kier molecular flexibility index (Phi) is 5.71. The van der Waals surface area contributed by atoms with Gasteiger partial charge in [-0.25, -0.2) is 0 Å². The van der Waals surface area contributed by atoms with Gasteiger partial charge in [0.2, 0.25) is 0 Å². The minimum absolute atomic E-state index is 0.120. The first-order valence-corrected chi connectivity index (χ1v) is 8.97. The van der Waals surface area contributed by atoms with E-state index in [4.69, 9.17) is 4.74 Å². The molecule has 1 aliphatic heterocycles. The minimum atomic E-state index is -0.741. The molecule has 0 radical (unpaired) electrons. The van der Waals surface area contributed by atoms with Crippen molar-refractivity contribution in [3.63, 3.8) is 0 Å². The number of benzene rings is 2. The molecule has 25 heavy (non-hydrogen) atoms. The van der Waals surface area contributed by atoms with Crippen LogP contribution in [0, 0.1) is 0 Å². The van der Waals surface area contributed by atoms with E-state index in [0.29, 0.717) is 13.0 Å². The lowest BCUT2D eigenvalue weighted by molar-refractivity contribution is -0.145. The number of nitrogens with zero attached hydrogens (tertiary/aromatic N) is 1. The zero-order chi connectivity index (χ0) is 17.6. The number of carboxylic acid groups (broad SMARTS) is 1. The molecule has 1 aliphatic rings. The molecule has 1 N–H and O–H groups in total. The molecule has 1 heterocycles. The number of rotatable bonds is 6. The predicted octanol–water partition coefficient (Wildman–Crippen LogP) is 4.11. The lowest BCUT2D eigenvalue weighted by atomic mass is 9.91. The highest BCUT2D eigenvalue weighted by atomic mass is 16.5. The van der Waals surface area contributed by atoms with Crippen molar-refractivity contribution in [1.29, 1.82) is 0 Å². The smallest absolute Gasteiger partial charge is 0.320 e. The topological polar surface area (TPSA) is 49.8 Å². The minimum Gasteiger partial charge on any atom is -0.494 e. The lowest BCUT2D eigenvalue weighted by Gasteiger charge is -2.40. The van der Waals surface area contributed by atoms with Gasteiger partial charge in [0.05, 0.1) is 12.6 Å². The van der Waals surface area contributed by atoms with Gasteiger partial charge in [-0.1, -0.05) is 55.0 Å². The van der Waals surface area contributed by atoms with Crippen LogP contribution in [-0.2, 0) is 4.79 Å². The number of aliphatic carboxylic acids is 1. The molecule has 0 bridgehead atoms. The van der Waals surface area contributed by atoms with Crippen molar-refractivity contribution in [3.05, 3.63) is 65.7 Å². The van der Waals surface area contributed by atoms with E-state index in [-0.39, 0.29) is 6.04 Å². The summed E-state index contributed by atoms with van der Waals surface area (Å²) >= 11 is 0. The number of para-hydroxylation sites is 1. The molecule has 0 aliphatic carbocycles. The first-order valence-electron chi connectivity index (χ1n) is 8.97. The Morgan fingerprint density at radius 1 is 1.16 bits per heavy atom. The van der Waals surface area contributed by atoms with Crippen molar-refractivity contribution in [1.82, 2.24) is 4.90 Å². The van der Waals surface area contributed by atoms with Crippen LogP contribution in [0.3, 0.4) is 0 Å². The van der Waals surface area contributed by atoms with Crippen LogP contribution in [0.4, 0.5) is 0 Å². The van der Waals surface area contributed by atoms with Crippen LogP contribution in [-0.4, -0.2) is 35.2 Å². The number of carboxylic acids is 1. The van der Waals surface area contributed by atoms with Crippen molar-refractivity contribution >= 4 is 5.97 Å². The highest BCUT2D eigenvalue weighted by Gasteiger charge is 2.36. The van der Waals surface area contributed by atoms with Gasteiger partial charge in [-0.2, -0.15) is 0 Å². The molecular formula is C21H25NO3. The van der Waals surface area contributed by atoms with Gasteiger partial charge in [0.1, 0.15) is 11.8 Å². The molecule has 0 saturated carbocycles. The molecule has 0 amide bonds. The van der Waals surface area contributed by atoms with Crippen LogP contribution >= 0.6 is 0 Å². The average Bonchev–Trinajstić information content (AvgIpc) is 2.65. The van der Waals surface area contributed by atoms with Gasteiger partial charge in [-0.3, -0.25) is 9.69 Å². The van der Waals surface area contributed by atoms with E-state index in [9.17, 15) is 9.90 Å². The van der Waals surface area contributed by atoms with E-state index < -0.39 is 12.0 Å². The third kappa shape index (κ3) is 3.85. The summed E-state index contributed by atoms with van der Waals surface area (Å²) in [5, 5.41) is 9.75. The van der Waals surface area contributed by atoms with E-state index in [1.807, 2.05) is 43.3 Å². The summed E-state index contributed by atoms with van der Waals surface area (Å²) in [5.74, 6) is 0.0862. The Balaban J connectivity index is 2.09. The molecule has 0 aromatic heterocycles. The van der Waals surface area contributed by atoms with Gasteiger partial charge in [0, 0.05) is 5.56 Å². The summed E-state index contributed by atoms with van der Waals surface area (Å²) < 4.78 is 5.85. The highest BCUT2D eigenvalue weighted by Crippen LogP contribution is 2.38. The molecule has 4 heteroatoms. The number of likely N-dealkylation sites (tertiary alicyclic amines) is 1. The Bertz CT molecular complexity index is 701. The van der Waals surface area contributed by atoms with Gasteiger partial charge >= 0.3 is 5.97 Å². The summed E-state index contributed by atoms with van der Waals surface area (Å²) in [5.41, 5.74) is 2.13. The molecule has 1 saturated heterocycles. The summed E-state index contributed by atoms with van der Waals surface area (Å²) in [4.78, 5) is 14.0. The fourth-order valence-electron chi connectivity index (χ4n) is 3.71. The Morgan fingerprint density at radius 2 is 1.88 bits per heavy atom. The van der Waals surface area contributed by atoms with Crippen molar-refractivity contribution in [2.75, 3.05) is 13.2 Å². The Morgan fingerprint density at radius 3 is 2.60 bits per heavy atom. The van der Waals surface area contributed by atoms with Gasteiger partial charge in [-0.05, 0) is 37.9 Å². The molecule has 0 spiro atoms. The number of piperidine rings is 1. The maximum absolute atomic E-state index is 11.9. The van der Waals surface area contributed by atoms with Crippen molar-refractivity contribution in [2.24, 2.45) is 0 Å². The first-order chi connectivity index (χ1) is 12.2. The number of hydrogen-bond acceptors (Lipinski definition) is 3. The van der Waals surface area contributed by atoms with Crippen LogP contribution in [0.5, 0.6) is 5.75 Å². The lowest BCUT2D eigenvalue weighted by Crippen LogP contribution is -2.46. The van der Waals surface area contributed by atoms with Gasteiger partial charge < -0.3 is 9.84 Å². The standard InChI is InChI=1S/C21H25NO3/c1-2-25-19-14-7-6-12-17(19)20(16-10-4-3-5-11-16)22-15-9-8-13-18(22)21(23)24/h3-7,10-12,14,18,20H,2,8-9,13,15H2,1H3,(H,23,24). The van der Waals surface area contributed by atoms with E-state index in [1.54, 1.807) is 0 Å². The largest absolute Gasteiger partial charge is 0.494 e. The third-order valence-corrected chi connectivity index (χ3v) is 4.79. The first kappa shape index (κ1) is 17.5. The summed E-state index contributed by atoms with van der Waals surface area (Å²) in [7, 11) is 0. The molecule has 132 valence electrons. The molecule has 2 aromatic rings. The van der Waals surface area contributed by atoms with Crippen LogP contribution in [0.1, 0.15) is 43.4 Å². The van der Waals surface area contributed by atoms with Gasteiger partial charge in [0.25, 0.3) is 0 Å². The van der Waals surface area contributed by atoms with Crippen molar-refractivity contribution in [2.45, 2.75) is 38.3 Å². The third-order valence-electron chi connectivity index (χ3n) is 4.79. The maximum Gasteiger partial charge on any atom is 0.320 e. The Hall–Kier alpha value is -2.33. The van der Waals surface area contributed by atoms with Gasteiger partial charge in [0.15, 0.2) is 0 Å². The molecule has 3 rings (SSSR count). The van der Waals surface area contributed by atoms with E-state index in [0.717, 1.165) is 36.3 Å². The predicted molar refractivity (Wildman–Crippen MR) is 97.9 cm³/mol. The molecule has 2 atom stereocenters. The fourth-order valence-corrected chi connectivity index (χ4v) is 3.71. The molecular weight excluding hydrogens is 314 g/mol. The van der Waals surface area contributed by atoms with E-state index >= 15 is 0 Å². The summed E-state index contributed by atoms with van der Waals surface area (Å²) in [6, 6.07) is 17.5. The van der Waals surface area contributed by atoms with Crippen LogP contribution in [0.2, 0.25) is 0 Å².